The van der Waals surface area contributed by atoms with Crippen LogP contribution in [0.1, 0.15) is 28.0 Å². The molecule has 6 N–H and O–H groups in total. The van der Waals surface area contributed by atoms with Gasteiger partial charge in [0, 0.05) is 24.1 Å². The third-order valence-electron chi connectivity index (χ3n) is 4.70. The molecule has 1 aliphatic rings. The summed E-state index contributed by atoms with van der Waals surface area (Å²) in [4.78, 5) is 17.3. The van der Waals surface area contributed by atoms with Crippen LogP contribution in [0.4, 0.5) is 5.69 Å². The van der Waals surface area contributed by atoms with Crippen molar-refractivity contribution >= 4 is 11.6 Å². The molecule has 8 nitrogen and oxygen atoms in total. The van der Waals surface area contributed by atoms with Gasteiger partial charge in [0.15, 0.2) is 11.3 Å². The molecule has 1 saturated heterocycles. The van der Waals surface area contributed by atoms with Crippen molar-refractivity contribution in [2.45, 2.75) is 18.2 Å². The molecule has 3 rings (SSSR count). The highest BCUT2D eigenvalue weighted by Crippen LogP contribution is 2.26. The number of benzene rings is 1. The number of nitrogens with two attached hydrogens (primary N) is 2. The molecule has 1 fully saturated rings. The van der Waals surface area contributed by atoms with Gasteiger partial charge in [0.05, 0.1) is 16.9 Å². The minimum absolute atomic E-state index is 0.0408. The number of hydrogen-bond donors (Lipinski definition) is 4. The van der Waals surface area contributed by atoms with E-state index in [-0.39, 0.29) is 11.4 Å². The van der Waals surface area contributed by atoms with Crippen LogP contribution in [-0.4, -0.2) is 51.4 Å². The number of hydrogen-bond acceptors (Lipinski definition) is 7. The lowest BCUT2D eigenvalue weighted by molar-refractivity contribution is -0.0633. The van der Waals surface area contributed by atoms with E-state index in [1.54, 1.807) is 36.2 Å². The molecular weight excluding hydrogens is 358 g/mol. The SMILES string of the molecule is CN1CCC(O)(C#Cc2cc(-c3ccc(N)c(C(N)=O)n3)ccc2C#N)C1O. The summed E-state index contributed by atoms with van der Waals surface area (Å²) in [5.74, 6) is 4.76. The maximum atomic E-state index is 11.5. The van der Waals surface area contributed by atoms with Gasteiger partial charge in [-0.3, -0.25) is 9.69 Å². The Morgan fingerprint density at radius 2 is 2.11 bits per heavy atom. The Morgan fingerprint density at radius 1 is 1.36 bits per heavy atom. The minimum atomic E-state index is -1.57. The van der Waals surface area contributed by atoms with Crippen molar-refractivity contribution in [1.29, 1.82) is 5.26 Å². The van der Waals surface area contributed by atoms with E-state index in [1.165, 1.54) is 6.07 Å². The number of aliphatic hydroxyl groups excluding tert-OH is 1. The molecule has 0 bridgehead atoms. The lowest BCUT2D eigenvalue weighted by Crippen LogP contribution is -2.42. The number of amides is 1. The average molecular weight is 377 g/mol. The van der Waals surface area contributed by atoms with Crippen molar-refractivity contribution in [2.24, 2.45) is 5.73 Å². The molecular formula is C20H19N5O3. The van der Waals surface area contributed by atoms with Crippen LogP contribution in [0, 0.1) is 23.2 Å². The Hall–Kier alpha value is -3.43. The number of aromatic nitrogens is 1. The number of likely N-dealkylation sites (N-methyl/N-ethyl adjacent to an activating group) is 1. The summed E-state index contributed by atoms with van der Waals surface area (Å²) < 4.78 is 0. The number of nitrogen functional groups attached to an aromatic ring is 1. The van der Waals surface area contributed by atoms with Crippen LogP contribution < -0.4 is 11.5 Å². The first kappa shape index (κ1) is 19.3. The second-order valence-electron chi connectivity index (χ2n) is 6.65. The molecule has 0 radical (unpaired) electrons. The standard InChI is InChI=1S/C20H19N5O3/c1-25-9-8-20(28,19(25)27)7-6-12-10-13(2-3-14(12)11-21)16-5-4-15(22)17(24-16)18(23)26/h2-5,10,19,27-28H,8-9,22H2,1H3,(H2,23,26). The van der Waals surface area contributed by atoms with E-state index in [4.69, 9.17) is 11.5 Å². The molecule has 0 aliphatic carbocycles. The first-order valence-electron chi connectivity index (χ1n) is 8.50. The molecule has 28 heavy (non-hydrogen) atoms. The lowest BCUT2D eigenvalue weighted by atomic mass is 9.99. The molecule has 0 spiro atoms. The lowest BCUT2D eigenvalue weighted by Gasteiger charge is -2.22. The van der Waals surface area contributed by atoms with E-state index in [1.807, 2.05) is 6.07 Å². The summed E-state index contributed by atoms with van der Waals surface area (Å²) in [6.07, 6.45) is -0.814. The fourth-order valence-electron chi connectivity index (χ4n) is 3.00. The van der Waals surface area contributed by atoms with Crippen LogP contribution >= 0.6 is 0 Å². The number of rotatable bonds is 2. The average Bonchev–Trinajstić information content (AvgIpc) is 2.94. The predicted molar refractivity (Wildman–Crippen MR) is 102 cm³/mol. The Kier molecular flexibility index (Phi) is 5.04. The van der Waals surface area contributed by atoms with Gasteiger partial charge in [0.1, 0.15) is 12.3 Å². The molecule has 1 amide bonds. The Bertz CT molecular complexity index is 1050. The molecule has 8 heteroatoms. The largest absolute Gasteiger partial charge is 0.397 e. The molecule has 142 valence electrons. The highest BCUT2D eigenvalue weighted by atomic mass is 16.4. The van der Waals surface area contributed by atoms with E-state index in [2.05, 4.69) is 16.8 Å². The van der Waals surface area contributed by atoms with E-state index in [0.717, 1.165) is 0 Å². The number of nitriles is 1. The predicted octanol–water partition coefficient (Wildman–Crippen LogP) is 0.0379. The normalized spacial score (nSPS) is 21.6. The summed E-state index contributed by atoms with van der Waals surface area (Å²) >= 11 is 0. The topological polar surface area (TPSA) is 149 Å². The first-order valence-corrected chi connectivity index (χ1v) is 8.50. The number of anilines is 1. The minimum Gasteiger partial charge on any atom is -0.397 e. The second kappa shape index (κ2) is 7.29. The molecule has 1 aromatic carbocycles. The summed E-state index contributed by atoms with van der Waals surface area (Å²) in [5.41, 5.74) is 11.3. The van der Waals surface area contributed by atoms with Gasteiger partial charge in [-0.15, -0.1) is 0 Å². The monoisotopic (exact) mass is 377 g/mol. The third-order valence-corrected chi connectivity index (χ3v) is 4.70. The zero-order valence-electron chi connectivity index (χ0n) is 15.2. The Morgan fingerprint density at radius 3 is 2.71 bits per heavy atom. The Balaban J connectivity index is 2.04. The van der Waals surface area contributed by atoms with Crippen molar-refractivity contribution in [3.63, 3.8) is 0 Å². The summed E-state index contributed by atoms with van der Waals surface area (Å²) in [5, 5.41) is 30.0. The van der Waals surface area contributed by atoms with Gasteiger partial charge < -0.3 is 21.7 Å². The maximum absolute atomic E-state index is 11.5. The van der Waals surface area contributed by atoms with E-state index < -0.39 is 17.7 Å². The van der Waals surface area contributed by atoms with Crippen LogP contribution in [0.2, 0.25) is 0 Å². The summed E-state index contributed by atoms with van der Waals surface area (Å²) in [6.45, 7) is 0.503. The number of carbonyl (C=O) groups is 1. The number of nitrogens with zero attached hydrogens (tertiary/aromatic N) is 3. The number of pyridine rings is 1. The third kappa shape index (κ3) is 3.53. The van der Waals surface area contributed by atoms with Gasteiger partial charge >= 0.3 is 0 Å². The zero-order chi connectivity index (χ0) is 20.5. The highest BCUT2D eigenvalue weighted by Gasteiger charge is 2.42. The number of aliphatic hydroxyl groups is 2. The molecule has 2 atom stereocenters. The molecule has 2 aromatic rings. The van der Waals surface area contributed by atoms with Crippen molar-refractivity contribution < 1.29 is 15.0 Å². The smallest absolute Gasteiger partial charge is 0.269 e. The maximum Gasteiger partial charge on any atom is 0.269 e. The van der Waals surface area contributed by atoms with E-state index in [9.17, 15) is 20.3 Å². The van der Waals surface area contributed by atoms with Crippen molar-refractivity contribution in [3.05, 3.63) is 47.2 Å². The van der Waals surface area contributed by atoms with Crippen LogP contribution in [0.5, 0.6) is 0 Å². The van der Waals surface area contributed by atoms with Gasteiger partial charge in [-0.25, -0.2) is 4.98 Å². The van der Waals surface area contributed by atoms with Gasteiger partial charge in [0.25, 0.3) is 5.91 Å². The molecule has 0 saturated carbocycles. The number of carbonyl (C=O) groups excluding carboxylic acids is 1. The Labute approximate surface area is 162 Å². The molecule has 2 unspecified atom stereocenters. The number of primary amides is 1. The van der Waals surface area contributed by atoms with Crippen LogP contribution in [0.25, 0.3) is 11.3 Å². The second-order valence-corrected chi connectivity index (χ2v) is 6.65. The quantitative estimate of drug-likeness (QED) is 0.540. The fourth-order valence-corrected chi connectivity index (χ4v) is 3.00. The van der Waals surface area contributed by atoms with Crippen molar-refractivity contribution in [2.75, 3.05) is 19.3 Å². The van der Waals surface area contributed by atoms with Crippen molar-refractivity contribution in [3.8, 4) is 29.2 Å². The summed E-state index contributed by atoms with van der Waals surface area (Å²) in [7, 11) is 1.69. The number of likely N-dealkylation sites (tertiary alicyclic amines) is 1. The van der Waals surface area contributed by atoms with Crippen molar-refractivity contribution in [1.82, 2.24) is 9.88 Å². The van der Waals surface area contributed by atoms with Gasteiger partial charge in [-0.2, -0.15) is 5.26 Å². The van der Waals surface area contributed by atoms with Gasteiger partial charge in [-0.05, 0) is 31.3 Å². The van der Waals surface area contributed by atoms with Crippen LogP contribution in [0.3, 0.4) is 0 Å². The fraction of sp³-hybridized carbons (Fsp3) is 0.250. The summed E-state index contributed by atoms with van der Waals surface area (Å²) in [6, 6.07) is 10.1. The first-order chi connectivity index (χ1) is 13.2. The van der Waals surface area contributed by atoms with Crippen LogP contribution in [0.15, 0.2) is 30.3 Å². The van der Waals surface area contributed by atoms with Gasteiger partial charge in [0.2, 0.25) is 0 Å². The molecule has 1 aromatic heterocycles. The van der Waals surface area contributed by atoms with Gasteiger partial charge in [-0.1, -0.05) is 17.9 Å². The molecule has 1 aliphatic heterocycles. The zero-order valence-corrected chi connectivity index (χ0v) is 15.2. The van der Waals surface area contributed by atoms with E-state index >= 15 is 0 Å². The molecule has 2 heterocycles. The van der Waals surface area contributed by atoms with Crippen LogP contribution in [-0.2, 0) is 0 Å². The van der Waals surface area contributed by atoms with E-state index in [0.29, 0.717) is 35.3 Å². The highest BCUT2D eigenvalue weighted by molar-refractivity contribution is 5.96.